The maximum atomic E-state index is 12.0. The molecule has 0 saturated heterocycles. The van der Waals surface area contributed by atoms with E-state index in [2.05, 4.69) is 4.74 Å². The number of fused-ring (bicyclic) bond motifs is 1. The van der Waals surface area contributed by atoms with E-state index < -0.39 is 0 Å². The molecular formula is C13H13NO3. The van der Waals surface area contributed by atoms with Gasteiger partial charge in [-0.15, -0.1) is 0 Å². The molecule has 1 heterocycles. The van der Waals surface area contributed by atoms with Gasteiger partial charge in [-0.25, -0.2) is 0 Å². The van der Waals surface area contributed by atoms with E-state index in [4.69, 9.17) is 0 Å². The summed E-state index contributed by atoms with van der Waals surface area (Å²) in [7, 11) is 1.34. The van der Waals surface area contributed by atoms with E-state index in [-0.39, 0.29) is 17.9 Å². The van der Waals surface area contributed by atoms with Crippen LogP contribution in [0.1, 0.15) is 6.42 Å². The van der Waals surface area contributed by atoms with Gasteiger partial charge in [0.25, 0.3) is 5.56 Å². The van der Waals surface area contributed by atoms with Gasteiger partial charge < -0.3 is 9.30 Å². The minimum atomic E-state index is -0.315. The third kappa shape index (κ3) is 2.36. The number of aryl methyl sites for hydroxylation is 1. The molecule has 0 radical (unpaired) electrons. The predicted octanol–water partition coefficient (Wildman–Crippen LogP) is 1.56. The first-order valence-electron chi connectivity index (χ1n) is 5.37. The molecule has 0 amide bonds. The van der Waals surface area contributed by atoms with Crippen molar-refractivity contribution < 1.29 is 9.53 Å². The molecule has 0 aliphatic carbocycles. The van der Waals surface area contributed by atoms with Gasteiger partial charge in [-0.05, 0) is 17.5 Å². The van der Waals surface area contributed by atoms with Crippen molar-refractivity contribution in [3.05, 3.63) is 46.9 Å². The number of hydrogen-bond acceptors (Lipinski definition) is 3. The van der Waals surface area contributed by atoms with Crippen molar-refractivity contribution in [2.45, 2.75) is 13.0 Å². The molecule has 0 N–H and O–H groups in total. The standard InChI is InChI=1S/C13H13NO3/c1-17-12(15)7-9-14-8-6-10-4-2-3-5-11(10)13(14)16/h2-6,8H,7,9H2,1H3. The molecule has 88 valence electrons. The molecule has 0 aliphatic rings. The molecule has 0 fully saturated rings. The Balaban J connectivity index is 2.33. The summed E-state index contributed by atoms with van der Waals surface area (Å²) in [5, 5.41) is 1.58. The Labute approximate surface area is 98.4 Å². The fourth-order valence-corrected chi connectivity index (χ4v) is 1.72. The van der Waals surface area contributed by atoms with Crippen molar-refractivity contribution in [2.24, 2.45) is 0 Å². The van der Waals surface area contributed by atoms with Crippen LogP contribution in [0.3, 0.4) is 0 Å². The molecule has 2 aromatic rings. The van der Waals surface area contributed by atoms with Crippen LogP contribution in [0.4, 0.5) is 0 Å². The fourth-order valence-electron chi connectivity index (χ4n) is 1.72. The smallest absolute Gasteiger partial charge is 0.307 e. The maximum Gasteiger partial charge on any atom is 0.307 e. The number of aromatic nitrogens is 1. The SMILES string of the molecule is COC(=O)CCn1ccc2ccccc2c1=O. The lowest BCUT2D eigenvalue weighted by molar-refractivity contribution is -0.140. The topological polar surface area (TPSA) is 48.3 Å². The molecule has 1 aromatic heterocycles. The van der Waals surface area contributed by atoms with Gasteiger partial charge in [0, 0.05) is 18.1 Å². The number of carbonyl (C=O) groups excluding carboxylic acids is 1. The van der Waals surface area contributed by atoms with Gasteiger partial charge in [0.05, 0.1) is 13.5 Å². The predicted molar refractivity (Wildman–Crippen MR) is 64.8 cm³/mol. The number of nitrogens with zero attached hydrogens (tertiary/aromatic N) is 1. The lowest BCUT2D eigenvalue weighted by Crippen LogP contribution is -2.21. The van der Waals surface area contributed by atoms with Crippen LogP contribution in [0.2, 0.25) is 0 Å². The van der Waals surface area contributed by atoms with Crippen LogP contribution in [0.25, 0.3) is 10.8 Å². The summed E-state index contributed by atoms with van der Waals surface area (Å²) in [6, 6.07) is 9.26. The normalized spacial score (nSPS) is 10.4. The van der Waals surface area contributed by atoms with Gasteiger partial charge in [-0.2, -0.15) is 0 Å². The third-order valence-electron chi connectivity index (χ3n) is 2.67. The van der Waals surface area contributed by atoms with Crippen LogP contribution in [0.15, 0.2) is 41.3 Å². The molecular weight excluding hydrogens is 218 g/mol. The van der Waals surface area contributed by atoms with Crippen LogP contribution in [-0.4, -0.2) is 17.6 Å². The lowest BCUT2D eigenvalue weighted by Gasteiger charge is -2.06. The van der Waals surface area contributed by atoms with E-state index in [0.717, 1.165) is 5.39 Å². The monoisotopic (exact) mass is 231 g/mol. The molecule has 4 heteroatoms. The first-order chi connectivity index (χ1) is 8.22. The Kier molecular flexibility index (Phi) is 3.23. The quantitative estimate of drug-likeness (QED) is 0.753. The van der Waals surface area contributed by atoms with Crippen LogP contribution >= 0.6 is 0 Å². The summed E-state index contributed by atoms with van der Waals surface area (Å²) in [5.74, 6) is -0.315. The summed E-state index contributed by atoms with van der Waals surface area (Å²) in [4.78, 5) is 23.1. The average molecular weight is 231 g/mol. The first-order valence-corrected chi connectivity index (χ1v) is 5.37. The number of pyridine rings is 1. The van der Waals surface area contributed by atoms with Crippen molar-refractivity contribution >= 4 is 16.7 Å². The molecule has 0 spiro atoms. The second-order valence-electron chi connectivity index (χ2n) is 3.73. The Bertz CT molecular complexity index is 601. The Morgan fingerprint density at radius 3 is 2.82 bits per heavy atom. The first kappa shape index (κ1) is 11.4. The van der Waals surface area contributed by atoms with Crippen LogP contribution < -0.4 is 5.56 Å². The Morgan fingerprint density at radius 1 is 1.29 bits per heavy atom. The van der Waals surface area contributed by atoms with E-state index >= 15 is 0 Å². The van der Waals surface area contributed by atoms with E-state index in [0.29, 0.717) is 11.9 Å². The van der Waals surface area contributed by atoms with Crippen molar-refractivity contribution in [3.63, 3.8) is 0 Å². The summed E-state index contributed by atoms with van der Waals surface area (Å²) in [6.07, 6.45) is 1.91. The van der Waals surface area contributed by atoms with Crippen molar-refractivity contribution in [3.8, 4) is 0 Å². The van der Waals surface area contributed by atoms with Gasteiger partial charge in [0.15, 0.2) is 0 Å². The molecule has 1 aromatic carbocycles. The molecule has 2 rings (SSSR count). The van der Waals surface area contributed by atoms with E-state index in [1.807, 2.05) is 24.3 Å². The Hall–Kier alpha value is -2.10. The number of methoxy groups -OCH3 is 1. The van der Waals surface area contributed by atoms with E-state index in [1.165, 1.54) is 11.7 Å². The molecule has 0 unspecified atom stereocenters. The van der Waals surface area contributed by atoms with Gasteiger partial charge in [0.2, 0.25) is 0 Å². The van der Waals surface area contributed by atoms with Gasteiger partial charge >= 0.3 is 5.97 Å². The highest BCUT2D eigenvalue weighted by molar-refractivity contribution is 5.81. The van der Waals surface area contributed by atoms with Gasteiger partial charge in [-0.3, -0.25) is 9.59 Å². The molecule has 17 heavy (non-hydrogen) atoms. The average Bonchev–Trinajstić information content (AvgIpc) is 2.38. The highest BCUT2D eigenvalue weighted by Gasteiger charge is 2.04. The number of hydrogen-bond donors (Lipinski definition) is 0. The molecule has 0 atom stereocenters. The summed E-state index contributed by atoms with van der Waals surface area (Å²) in [6.45, 7) is 0.344. The van der Waals surface area contributed by atoms with Crippen molar-refractivity contribution in [1.29, 1.82) is 0 Å². The number of rotatable bonds is 3. The van der Waals surface area contributed by atoms with Gasteiger partial charge in [0.1, 0.15) is 0 Å². The molecule has 0 saturated carbocycles. The van der Waals surface area contributed by atoms with E-state index in [1.54, 1.807) is 12.3 Å². The van der Waals surface area contributed by atoms with Crippen molar-refractivity contribution in [2.75, 3.05) is 7.11 Å². The molecule has 4 nitrogen and oxygen atoms in total. The minimum Gasteiger partial charge on any atom is -0.469 e. The largest absolute Gasteiger partial charge is 0.469 e. The highest BCUT2D eigenvalue weighted by atomic mass is 16.5. The van der Waals surface area contributed by atoms with Gasteiger partial charge in [-0.1, -0.05) is 18.2 Å². The fraction of sp³-hybridized carbons (Fsp3) is 0.231. The van der Waals surface area contributed by atoms with Crippen LogP contribution in [0.5, 0.6) is 0 Å². The van der Waals surface area contributed by atoms with Crippen LogP contribution in [-0.2, 0) is 16.1 Å². The highest BCUT2D eigenvalue weighted by Crippen LogP contribution is 2.08. The summed E-state index contributed by atoms with van der Waals surface area (Å²) in [5.41, 5.74) is -0.0768. The molecule has 0 bridgehead atoms. The number of esters is 1. The third-order valence-corrected chi connectivity index (χ3v) is 2.67. The Morgan fingerprint density at radius 2 is 2.06 bits per heavy atom. The van der Waals surface area contributed by atoms with Crippen molar-refractivity contribution in [1.82, 2.24) is 4.57 Å². The zero-order valence-corrected chi connectivity index (χ0v) is 9.55. The van der Waals surface area contributed by atoms with Crippen LogP contribution in [0, 0.1) is 0 Å². The lowest BCUT2D eigenvalue weighted by atomic mass is 10.2. The number of carbonyl (C=O) groups is 1. The zero-order chi connectivity index (χ0) is 12.3. The maximum absolute atomic E-state index is 12.0. The summed E-state index contributed by atoms with van der Waals surface area (Å²) >= 11 is 0. The van der Waals surface area contributed by atoms with E-state index in [9.17, 15) is 9.59 Å². The zero-order valence-electron chi connectivity index (χ0n) is 9.55. The second-order valence-corrected chi connectivity index (χ2v) is 3.73. The number of benzene rings is 1. The minimum absolute atomic E-state index is 0.0768. The number of ether oxygens (including phenoxy) is 1. The second kappa shape index (κ2) is 4.82. The molecule has 0 aliphatic heterocycles. The summed E-state index contributed by atoms with van der Waals surface area (Å²) < 4.78 is 6.07.